The summed E-state index contributed by atoms with van der Waals surface area (Å²) in [5.41, 5.74) is 0.905. The van der Waals surface area contributed by atoms with Crippen LogP contribution in [0, 0.1) is 0 Å². The van der Waals surface area contributed by atoms with Gasteiger partial charge in [-0.15, -0.1) is 0 Å². The van der Waals surface area contributed by atoms with E-state index in [1.54, 1.807) is 12.1 Å². The second kappa shape index (κ2) is 4.28. The van der Waals surface area contributed by atoms with E-state index in [2.05, 4.69) is 0 Å². The lowest BCUT2D eigenvalue weighted by molar-refractivity contribution is -0.145. The van der Waals surface area contributed by atoms with Crippen LogP contribution in [-0.2, 0) is 9.53 Å². The Morgan fingerprint density at radius 1 is 1.54 bits per heavy atom. The predicted octanol–water partition coefficient (Wildman–Crippen LogP) is 2.96. The largest absolute Gasteiger partial charge is 0.458 e. The molecular formula is C10H11ClO2. The number of hydrogen-bond acceptors (Lipinski definition) is 2. The molecule has 70 valence electrons. The molecular weight excluding hydrogens is 188 g/mol. The fourth-order valence-corrected chi connectivity index (χ4v) is 1.28. The van der Waals surface area contributed by atoms with Gasteiger partial charge in [-0.25, -0.2) is 0 Å². The van der Waals surface area contributed by atoms with Crippen LogP contribution in [0.5, 0.6) is 0 Å². The molecule has 0 aliphatic carbocycles. The first-order valence-electron chi connectivity index (χ1n) is 4.02. The number of ether oxygens (including phenoxy) is 1. The van der Waals surface area contributed by atoms with Crippen molar-refractivity contribution in [1.29, 1.82) is 0 Å². The maximum atomic E-state index is 10.7. The van der Waals surface area contributed by atoms with Crippen molar-refractivity contribution in [1.82, 2.24) is 0 Å². The molecule has 0 aromatic heterocycles. The molecule has 0 amide bonds. The summed E-state index contributed by atoms with van der Waals surface area (Å²) in [5.74, 6) is -0.285. The minimum Gasteiger partial charge on any atom is -0.458 e. The third-order valence-corrected chi connectivity index (χ3v) is 1.90. The summed E-state index contributed by atoms with van der Waals surface area (Å²) >= 11 is 5.78. The lowest BCUT2D eigenvalue weighted by Crippen LogP contribution is -2.04. The highest BCUT2D eigenvalue weighted by molar-refractivity contribution is 6.30. The van der Waals surface area contributed by atoms with Gasteiger partial charge in [-0.1, -0.05) is 23.7 Å². The van der Waals surface area contributed by atoms with Crippen LogP contribution in [0.2, 0.25) is 5.02 Å². The molecule has 1 rings (SSSR count). The first-order chi connectivity index (χ1) is 6.09. The summed E-state index contributed by atoms with van der Waals surface area (Å²) < 4.78 is 4.99. The van der Waals surface area contributed by atoms with Crippen molar-refractivity contribution >= 4 is 17.6 Å². The summed E-state index contributed by atoms with van der Waals surface area (Å²) in [5, 5.41) is 0.650. The summed E-state index contributed by atoms with van der Waals surface area (Å²) in [7, 11) is 0. The zero-order chi connectivity index (χ0) is 9.84. The van der Waals surface area contributed by atoms with Crippen LogP contribution in [0.3, 0.4) is 0 Å². The van der Waals surface area contributed by atoms with E-state index in [9.17, 15) is 4.79 Å². The van der Waals surface area contributed by atoms with Crippen LogP contribution in [0.4, 0.5) is 0 Å². The van der Waals surface area contributed by atoms with Gasteiger partial charge in [-0.2, -0.15) is 0 Å². The molecule has 0 fully saturated rings. The number of esters is 1. The maximum absolute atomic E-state index is 10.7. The Kier molecular flexibility index (Phi) is 3.32. The maximum Gasteiger partial charge on any atom is 0.303 e. The highest BCUT2D eigenvalue weighted by atomic mass is 35.5. The third kappa shape index (κ3) is 3.07. The van der Waals surface area contributed by atoms with Gasteiger partial charge in [0, 0.05) is 11.9 Å². The molecule has 0 aliphatic heterocycles. The Balaban J connectivity index is 2.76. The molecule has 0 aliphatic rings. The SMILES string of the molecule is CC(=O)OC(C)c1cccc(Cl)c1. The lowest BCUT2D eigenvalue weighted by Gasteiger charge is -2.11. The Bertz CT molecular complexity index is 310. The average molecular weight is 199 g/mol. The minimum absolute atomic E-state index is 0.240. The molecule has 0 bridgehead atoms. The molecule has 0 radical (unpaired) electrons. The van der Waals surface area contributed by atoms with Gasteiger partial charge in [0.1, 0.15) is 6.10 Å². The van der Waals surface area contributed by atoms with Gasteiger partial charge in [0.15, 0.2) is 0 Å². The van der Waals surface area contributed by atoms with Crippen molar-refractivity contribution in [2.75, 3.05) is 0 Å². The fourth-order valence-electron chi connectivity index (χ4n) is 1.08. The molecule has 2 nitrogen and oxygen atoms in total. The smallest absolute Gasteiger partial charge is 0.303 e. The summed E-state index contributed by atoms with van der Waals surface area (Å²) in [4.78, 5) is 10.7. The van der Waals surface area contributed by atoms with Gasteiger partial charge >= 0.3 is 5.97 Å². The van der Waals surface area contributed by atoms with Gasteiger partial charge in [0.2, 0.25) is 0 Å². The Morgan fingerprint density at radius 2 is 2.23 bits per heavy atom. The van der Waals surface area contributed by atoms with Gasteiger partial charge < -0.3 is 4.74 Å². The van der Waals surface area contributed by atoms with Crippen LogP contribution in [0.15, 0.2) is 24.3 Å². The first-order valence-corrected chi connectivity index (χ1v) is 4.40. The number of carbonyl (C=O) groups excluding carboxylic acids is 1. The Morgan fingerprint density at radius 3 is 2.77 bits per heavy atom. The van der Waals surface area contributed by atoms with E-state index in [-0.39, 0.29) is 12.1 Å². The summed E-state index contributed by atoms with van der Waals surface area (Å²) in [6.45, 7) is 3.20. The monoisotopic (exact) mass is 198 g/mol. The molecule has 0 N–H and O–H groups in total. The molecule has 1 unspecified atom stereocenters. The Labute approximate surface area is 82.5 Å². The van der Waals surface area contributed by atoms with Gasteiger partial charge in [0.05, 0.1) is 0 Å². The van der Waals surface area contributed by atoms with Crippen LogP contribution in [0.1, 0.15) is 25.5 Å². The van der Waals surface area contributed by atoms with Gasteiger partial charge in [-0.3, -0.25) is 4.79 Å². The van der Waals surface area contributed by atoms with E-state index >= 15 is 0 Å². The van der Waals surface area contributed by atoms with E-state index in [1.165, 1.54) is 6.92 Å². The average Bonchev–Trinajstić information content (AvgIpc) is 2.03. The topological polar surface area (TPSA) is 26.3 Å². The molecule has 1 atom stereocenters. The Hall–Kier alpha value is -1.02. The molecule has 0 saturated heterocycles. The second-order valence-corrected chi connectivity index (χ2v) is 3.24. The standard InChI is InChI=1S/C10H11ClO2/c1-7(13-8(2)12)9-4-3-5-10(11)6-9/h3-7H,1-2H3. The summed E-state index contributed by atoms with van der Waals surface area (Å²) in [6.07, 6.45) is -0.240. The first kappa shape index (κ1) is 10.1. The van der Waals surface area contributed by atoms with Crippen molar-refractivity contribution in [3.63, 3.8) is 0 Å². The van der Waals surface area contributed by atoms with Crippen LogP contribution >= 0.6 is 11.6 Å². The molecule has 1 aromatic carbocycles. The number of benzene rings is 1. The second-order valence-electron chi connectivity index (χ2n) is 2.81. The lowest BCUT2D eigenvalue weighted by atomic mass is 10.1. The zero-order valence-electron chi connectivity index (χ0n) is 7.58. The predicted molar refractivity (Wildman–Crippen MR) is 51.6 cm³/mol. The number of carbonyl (C=O) groups is 1. The van der Waals surface area contributed by atoms with E-state index in [0.717, 1.165) is 5.56 Å². The van der Waals surface area contributed by atoms with E-state index in [4.69, 9.17) is 16.3 Å². The quantitative estimate of drug-likeness (QED) is 0.683. The molecule has 3 heteroatoms. The van der Waals surface area contributed by atoms with Crippen molar-refractivity contribution < 1.29 is 9.53 Å². The van der Waals surface area contributed by atoms with Gasteiger partial charge in [-0.05, 0) is 24.6 Å². The van der Waals surface area contributed by atoms with Crippen molar-refractivity contribution in [2.24, 2.45) is 0 Å². The number of halogens is 1. The van der Waals surface area contributed by atoms with E-state index in [0.29, 0.717) is 5.02 Å². The van der Waals surface area contributed by atoms with Crippen molar-refractivity contribution in [2.45, 2.75) is 20.0 Å². The van der Waals surface area contributed by atoms with Crippen LogP contribution in [0.25, 0.3) is 0 Å². The van der Waals surface area contributed by atoms with Crippen molar-refractivity contribution in [3.8, 4) is 0 Å². The molecule has 13 heavy (non-hydrogen) atoms. The highest BCUT2D eigenvalue weighted by Crippen LogP contribution is 2.20. The van der Waals surface area contributed by atoms with E-state index in [1.807, 2.05) is 19.1 Å². The fraction of sp³-hybridized carbons (Fsp3) is 0.300. The minimum atomic E-state index is -0.285. The molecule has 0 heterocycles. The third-order valence-electron chi connectivity index (χ3n) is 1.66. The summed E-state index contributed by atoms with van der Waals surface area (Å²) in [6, 6.07) is 7.28. The number of rotatable bonds is 2. The number of hydrogen-bond donors (Lipinski definition) is 0. The van der Waals surface area contributed by atoms with Gasteiger partial charge in [0.25, 0.3) is 0 Å². The van der Waals surface area contributed by atoms with Crippen LogP contribution < -0.4 is 0 Å². The van der Waals surface area contributed by atoms with E-state index < -0.39 is 0 Å². The van der Waals surface area contributed by atoms with Crippen LogP contribution in [-0.4, -0.2) is 5.97 Å². The molecule has 0 spiro atoms. The highest BCUT2D eigenvalue weighted by Gasteiger charge is 2.07. The molecule has 1 aromatic rings. The normalized spacial score (nSPS) is 12.2. The molecule has 0 saturated carbocycles. The zero-order valence-corrected chi connectivity index (χ0v) is 8.34. The van der Waals surface area contributed by atoms with Crippen molar-refractivity contribution in [3.05, 3.63) is 34.9 Å².